The van der Waals surface area contributed by atoms with E-state index in [0.29, 0.717) is 0 Å². The fourth-order valence-electron chi connectivity index (χ4n) is 5.90. The minimum atomic E-state index is -3.31. The van der Waals surface area contributed by atoms with Gasteiger partial charge in [0.1, 0.15) is 0 Å². The highest BCUT2D eigenvalue weighted by Gasteiger charge is 2.45. The summed E-state index contributed by atoms with van der Waals surface area (Å²) in [4.78, 5) is 13.3. The Labute approximate surface area is 196 Å². The molecule has 0 aliphatic carbocycles. The first-order valence-electron chi connectivity index (χ1n) is 11.7. The molecule has 0 amide bonds. The number of hydrogen-bond acceptors (Lipinski definition) is 1. The van der Waals surface area contributed by atoms with Crippen molar-refractivity contribution in [2.24, 2.45) is 0 Å². The Hall–Kier alpha value is -2.16. The topological polar surface area (TPSA) is 20.2 Å². The molecule has 0 unspecified atom stereocenters. The van der Waals surface area contributed by atoms with Crippen LogP contribution in [0.5, 0.6) is 0 Å². The fourth-order valence-corrected chi connectivity index (χ4v) is 10.8. The summed E-state index contributed by atoms with van der Waals surface area (Å²) in [5, 5.41) is 3.51. The maximum absolute atomic E-state index is 13.3. The van der Waals surface area contributed by atoms with Crippen molar-refractivity contribution in [2.75, 3.05) is 0 Å². The van der Waals surface area contributed by atoms with Crippen LogP contribution in [0, 0.1) is 83.1 Å². The molecule has 0 spiro atoms. The summed E-state index contributed by atoms with van der Waals surface area (Å²) in [5.41, 5.74) is 15.1. The van der Waals surface area contributed by atoms with E-state index in [9.17, 15) is 4.80 Å². The van der Waals surface area contributed by atoms with Gasteiger partial charge in [-0.25, -0.2) is 0 Å². The molecule has 0 aliphatic heterocycles. The van der Waals surface area contributed by atoms with Crippen LogP contribution in [0.4, 0.5) is 0 Å². The molecule has 1 N–H and O–H groups in total. The molecule has 3 aromatic rings. The summed E-state index contributed by atoms with van der Waals surface area (Å²) in [6.07, 6.45) is 0. The highest BCUT2D eigenvalue weighted by molar-refractivity contribution is 7.07. The molecule has 0 radical (unpaired) electrons. The number of benzene rings is 3. The Morgan fingerprint density at radius 2 is 0.594 bits per heavy atom. The molecule has 0 fully saturated rings. The third-order valence-electron chi connectivity index (χ3n) is 8.15. The van der Waals surface area contributed by atoms with Crippen LogP contribution in [0.2, 0.25) is 0 Å². The Morgan fingerprint density at radius 1 is 0.375 bits per heavy atom. The number of hydrogen-bond donors (Lipinski definition) is 1. The maximum Gasteiger partial charge on any atom is 0.287 e. The van der Waals surface area contributed by atoms with Gasteiger partial charge in [-0.2, -0.15) is 0 Å². The zero-order chi connectivity index (χ0) is 24.3. The first-order chi connectivity index (χ1) is 14.7. The Balaban J connectivity index is 2.66. The predicted octanol–water partition coefficient (Wildman–Crippen LogP) is 5.35. The molecule has 3 rings (SSSR count). The monoisotopic (exact) mass is 444 g/mol. The lowest BCUT2D eigenvalue weighted by Crippen LogP contribution is -2.71. The SMILES string of the molecule is Cc1cc(C)c([Si](O)(c2c(C)cc(C)c(C)c2C)c2c(C)cc(C)c(C)c2C)c(C)c1C. The standard InChI is InChI=1S/C30H40OSi/c1-16-13-19(4)28(25(10)22(16)7)32(31,29-20(5)14-17(2)23(8)26(29)11)30-21(6)15-18(3)24(9)27(30)12/h13-15,31H,1-12H3. The quantitative estimate of drug-likeness (QED) is 0.427. The van der Waals surface area contributed by atoms with Crippen LogP contribution in [0.1, 0.15) is 66.8 Å². The zero-order valence-electron chi connectivity index (χ0n) is 22.2. The van der Waals surface area contributed by atoms with Gasteiger partial charge in [-0.05, 0) is 165 Å². The van der Waals surface area contributed by atoms with Gasteiger partial charge in [-0.3, -0.25) is 0 Å². The molecule has 3 aromatic carbocycles. The van der Waals surface area contributed by atoms with E-state index in [2.05, 4.69) is 101 Å². The van der Waals surface area contributed by atoms with E-state index >= 15 is 0 Å². The molecule has 0 saturated heterocycles. The highest BCUT2D eigenvalue weighted by Crippen LogP contribution is 2.25. The van der Waals surface area contributed by atoms with Crippen molar-refractivity contribution in [1.29, 1.82) is 0 Å². The largest absolute Gasteiger partial charge is 0.421 e. The average molecular weight is 445 g/mol. The van der Waals surface area contributed by atoms with E-state index in [-0.39, 0.29) is 0 Å². The lowest BCUT2D eigenvalue weighted by molar-refractivity contribution is 0.581. The first kappa shape index (κ1) is 24.5. The molecular weight excluding hydrogens is 404 g/mol. The molecule has 0 bridgehead atoms. The lowest BCUT2D eigenvalue weighted by atomic mass is 10.00. The van der Waals surface area contributed by atoms with Crippen LogP contribution >= 0.6 is 0 Å². The van der Waals surface area contributed by atoms with Crippen LogP contribution in [0.25, 0.3) is 0 Å². The minimum Gasteiger partial charge on any atom is -0.421 e. The second-order valence-corrected chi connectivity index (χ2v) is 13.0. The van der Waals surface area contributed by atoms with Crippen molar-refractivity contribution in [3.63, 3.8) is 0 Å². The van der Waals surface area contributed by atoms with Crippen LogP contribution in [0.3, 0.4) is 0 Å². The van der Waals surface area contributed by atoms with Crippen molar-refractivity contribution in [3.8, 4) is 0 Å². The van der Waals surface area contributed by atoms with E-state index in [4.69, 9.17) is 0 Å². The third-order valence-corrected chi connectivity index (χ3v) is 12.6. The molecule has 0 atom stereocenters. The van der Waals surface area contributed by atoms with Crippen LogP contribution in [0.15, 0.2) is 18.2 Å². The molecule has 170 valence electrons. The molecule has 0 saturated carbocycles. The normalized spacial score (nSPS) is 11.9. The smallest absolute Gasteiger partial charge is 0.287 e. The van der Waals surface area contributed by atoms with E-state index < -0.39 is 8.32 Å². The molecule has 1 nitrogen and oxygen atoms in total. The van der Waals surface area contributed by atoms with Gasteiger partial charge < -0.3 is 4.80 Å². The molecule has 0 aliphatic rings. The maximum atomic E-state index is 13.3. The van der Waals surface area contributed by atoms with Gasteiger partial charge in [0.2, 0.25) is 0 Å². The summed E-state index contributed by atoms with van der Waals surface area (Å²) >= 11 is 0. The summed E-state index contributed by atoms with van der Waals surface area (Å²) in [6, 6.07) is 6.81. The van der Waals surface area contributed by atoms with Gasteiger partial charge in [-0.1, -0.05) is 18.2 Å². The molecule has 32 heavy (non-hydrogen) atoms. The molecule has 2 heteroatoms. The second-order valence-electron chi connectivity index (χ2n) is 10.1. The Bertz CT molecular complexity index is 1090. The molecule has 0 heterocycles. The van der Waals surface area contributed by atoms with Crippen molar-refractivity contribution in [2.45, 2.75) is 83.1 Å². The Morgan fingerprint density at radius 3 is 0.812 bits per heavy atom. The first-order valence-corrected chi connectivity index (χ1v) is 13.7. The van der Waals surface area contributed by atoms with Crippen LogP contribution in [-0.4, -0.2) is 13.1 Å². The third kappa shape index (κ3) is 3.49. The lowest BCUT2D eigenvalue weighted by Gasteiger charge is -2.37. The molecular formula is C30H40OSi. The highest BCUT2D eigenvalue weighted by atomic mass is 28.4. The van der Waals surface area contributed by atoms with Gasteiger partial charge in [0.05, 0.1) is 0 Å². The van der Waals surface area contributed by atoms with Crippen LogP contribution < -0.4 is 15.6 Å². The summed E-state index contributed by atoms with van der Waals surface area (Å²) < 4.78 is 0. The van der Waals surface area contributed by atoms with E-state index in [1.807, 2.05) is 0 Å². The van der Waals surface area contributed by atoms with Gasteiger partial charge in [-0.15, -0.1) is 0 Å². The zero-order valence-corrected chi connectivity index (χ0v) is 23.2. The summed E-state index contributed by atoms with van der Waals surface area (Å²) in [7, 11) is -3.31. The number of aryl methyl sites for hydroxylation is 6. The van der Waals surface area contributed by atoms with Gasteiger partial charge in [0.25, 0.3) is 8.32 Å². The van der Waals surface area contributed by atoms with Crippen LogP contribution in [-0.2, 0) is 0 Å². The Kier molecular flexibility index (Phi) is 6.36. The number of rotatable bonds is 3. The average Bonchev–Trinajstić information content (AvgIpc) is 2.68. The van der Waals surface area contributed by atoms with Crippen molar-refractivity contribution in [3.05, 3.63) is 85.0 Å². The van der Waals surface area contributed by atoms with E-state index in [1.165, 1.54) is 82.3 Å². The van der Waals surface area contributed by atoms with E-state index in [0.717, 1.165) is 0 Å². The van der Waals surface area contributed by atoms with E-state index in [1.54, 1.807) is 0 Å². The molecule has 0 aromatic heterocycles. The van der Waals surface area contributed by atoms with Crippen molar-refractivity contribution < 1.29 is 4.80 Å². The van der Waals surface area contributed by atoms with Gasteiger partial charge in [0, 0.05) is 0 Å². The van der Waals surface area contributed by atoms with Gasteiger partial charge >= 0.3 is 0 Å². The summed E-state index contributed by atoms with van der Waals surface area (Å²) in [6.45, 7) is 26.3. The summed E-state index contributed by atoms with van der Waals surface area (Å²) in [5.74, 6) is 0. The second kappa shape index (κ2) is 8.32. The minimum absolute atomic E-state index is 1.17. The van der Waals surface area contributed by atoms with Gasteiger partial charge in [0.15, 0.2) is 0 Å². The fraction of sp³-hybridized carbons (Fsp3) is 0.400. The van der Waals surface area contributed by atoms with Crippen molar-refractivity contribution >= 4 is 23.9 Å². The van der Waals surface area contributed by atoms with Crippen molar-refractivity contribution in [1.82, 2.24) is 0 Å². The predicted molar refractivity (Wildman–Crippen MR) is 143 cm³/mol.